The number of amides is 1. The van der Waals surface area contributed by atoms with Gasteiger partial charge >= 0.3 is 0 Å². The van der Waals surface area contributed by atoms with Crippen LogP contribution in [0.25, 0.3) is 0 Å². The van der Waals surface area contributed by atoms with Crippen LogP contribution < -0.4 is 5.32 Å². The summed E-state index contributed by atoms with van der Waals surface area (Å²) in [6, 6.07) is 8.98. The van der Waals surface area contributed by atoms with Gasteiger partial charge in [-0.1, -0.05) is 30.4 Å². The van der Waals surface area contributed by atoms with E-state index >= 15 is 0 Å². The summed E-state index contributed by atoms with van der Waals surface area (Å²) in [6.07, 6.45) is 0.855. The first kappa shape index (κ1) is 9.54. The number of anilines is 1. The Balaban J connectivity index is 2.65. The molecule has 0 aliphatic rings. The molecule has 0 saturated heterocycles. The molecule has 13 heavy (non-hydrogen) atoms. The predicted octanol–water partition coefficient (Wildman–Crippen LogP) is 1.64. The third-order valence-corrected chi connectivity index (χ3v) is 1.69. The van der Waals surface area contributed by atoms with E-state index in [4.69, 9.17) is 5.41 Å². The average molecular weight is 192 g/mol. The molecule has 0 saturated carbocycles. The van der Waals surface area contributed by atoms with Crippen molar-refractivity contribution >= 4 is 34.9 Å². The van der Waals surface area contributed by atoms with Gasteiger partial charge in [-0.05, 0) is 12.1 Å². The second kappa shape index (κ2) is 4.47. The van der Waals surface area contributed by atoms with Gasteiger partial charge in [0.1, 0.15) is 4.86 Å². The number of carbonyl (C=O) groups is 1. The molecule has 2 N–H and O–H groups in total. The fraction of sp³-hybridized carbons (Fsp3) is 0. The molecule has 0 unspecified atom stereocenters. The van der Waals surface area contributed by atoms with E-state index in [1.54, 1.807) is 12.1 Å². The largest absolute Gasteiger partial charge is 0.321 e. The van der Waals surface area contributed by atoms with Crippen molar-refractivity contribution in [1.29, 1.82) is 5.41 Å². The van der Waals surface area contributed by atoms with Crippen LogP contribution in [-0.4, -0.2) is 17.0 Å². The zero-order valence-electron chi connectivity index (χ0n) is 6.78. The van der Waals surface area contributed by atoms with E-state index < -0.39 is 5.91 Å². The molecular weight excluding hydrogens is 184 g/mol. The Morgan fingerprint density at radius 1 is 1.38 bits per heavy atom. The summed E-state index contributed by atoms with van der Waals surface area (Å²) in [5.41, 5.74) is 0.678. The third-order valence-electron chi connectivity index (χ3n) is 1.39. The van der Waals surface area contributed by atoms with E-state index in [1.807, 2.05) is 18.2 Å². The molecule has 0 aliphatic carbocycles. The van der Waals surface area contributed by atoms with Gasteiger partial charge in [-0.15, -0.1) is 0 Å². The molecule has 1 aromatic rings. The van der Waals surface area contributed by atoms with Gasteiger partial charge in [0.25, 0.3) is 5.91 Å². The SMILES string of the molecule is N=CC(=S)C(=O)Nc1ccccc1. The van der Waals surface area contributed by atoms with E-state index in [9.17, 15) is 4.79 Å². The van der Waals surface area contributed by atoms with Gasteiger partial charge < -0.3 is 10.7 Å². The van der Waals surface area contributed by atoms with Gasteiger partial charge in [0, 0.05) is 11.9 Å². The van der Waals surface area contributed by atoms with Crippen LogP contribution in [0.2, 0.25) is 0 Å². The summed E-state index contributed by atoms with van der Waals surface area (Å²) in [5, 5.41) is 9.34. The Bertz CT molecular complexity index is 335. The molecule has 0 atom stereocenters. The van der Waals surface area contributed by atoms with E-state index in [0.29, 0.717) is 5.69 Å². The smallest absolute Gasteiger partial charge is 0.268 e. The Hall–Kier alpha value is -1.55. The van der Waals surface area contributed by atoms with Crippen molar-refractivity contribution in [3.8, 4) is 0 Å². The van der Waals surface area contributed by atoms with Gasteiger partial charge in [0.05, 0.1) is 0 Å². The van der Waals surface area contributed by atoms with Gasteiger partial charge in [0.15, 0.2) is 0 Å². The molecule has 0 spiro atoms. The zero-order valence-corrected chi connectivity index (χ0v) is 7.60. The summed E-state index contributed by atoms with van der Waals surface area (Å²) in [5.74, 6) is -0.420. The Morgan fingerprint density at radius 2 is 2.00 bits per heavy atom. The minimum atomic E-state index is -0.420. The molecule has 1 rings (SSSR count). The lowest BCUT2D eigenvalue weighted by atomic mass is 10.3. The van der Waals surface area contributed by atoms with Gasteiger partial charge in [0.2, 0.25) is 0 Å². The number of nitrogens with one attached hydrogen (secondary N) is 2. The lowest BCUT2D eigenvalue weighted by molar-refractivity contribution is -0.110. The first-order valence-corrected chi connectivity index (χ1v) is 4.05. The summed E-state index contributed by atoms with van der Waals surface area (Å²) >= 11 is 4.62. The maximum Gasteiger partial charge on any atom is 0.268 e. The van der Waals surface area contributed by atoms with Crippen LogP contribution in [0.1, 0.15) is 0 Å². The Labute approximate surface area is 81.3 Å². The number of para-hydroxylation sites is 1. The third kappa shape index (κ3) is 2.76. The lowest BCUT2D eigenvalue weighted by Crippen LogP contribution is -2.21. The van der Waals surface area contributed by atoms with Gasteiger partial charge in [-0.2, -0.15) is 0 Å². The number of benzene rings is 1. The number of hydrogen-bond donors (Lipinski definition) is 2. The van der Waals surface area contributed by atoms with Crippen LogP contribution in [0.3, 0.4) is 0 Å². The molecule has 1 aromatic carbocycles. The highest BCUT2D eigenvalue weighted by Crippen LogP contribution is 2.04. The molecule has 66 valence electrons. The van der Waals surface area contributed by atoms with E-state index in [1.165, 1.54) is 0 Å². The molecule has 4 heteroatoms. The quantitative estimate of drug-likeness (QED) is 0.565. The summed E-state index contributed by atoms with van der Waals surface area (Å²) < 4.78 is 0. The first-order chi connectivity index (χ1) is 6.24. The van der Waals surface area contributed by atoms with Crippen LogP contribution >= 0.6 is 12.2 Å². The normalized spacial score (nSPS) is 8.92. The highest BCUT2D eigenvalue weighted by atomic mass is 32.1. The lowest BCUT2D eigenvalue weighted by Gasteiger charge is -2.01. The summed E-state index contributed by atoms with van der Waals surface area (Å²) in [6.45, 7) is 0. The molecule has 0 heterocycles. The average Bonchev–Trinajstić information content (AvgIpc) is 2.18. The summed E-state index contributed by atoms with van der Waals surface area (Å²) in [7, 11) is 0. The standard InChI is InChI=1S/C9H8N2OS/c10-6-8(13)9(12)11-7-4-2-1-3-5-7/h1-6,10H,(H,11,12). The monoisotopic (exact) mass is 192 g/mol. The number of rotatable bonds is 3. The zero-order chi connectivity index (χ0) is 9.68. The molecule has 3 nitrogen and oxygen atoms in total. The maximum atomic E-state index is 11.1. The second-order valence-corrected chi connectivity index (χ2v) is 2.77. The van der Waals surface area contributed by atoms with Crippen LogP contribution in [0.5, 0.6) is 0 Å². The van der Waals surface area contributed by atoms with Crippen molar-refractivity contribution in [2.75, 3.05) is 5.32 Å². The fourth-order valence-electron chi connectivity index (χ4n) is 0.780. The Kier molecular flexibility index (Phi) is 3.28. The van der Waals surface area contributed by atoms with Crippen LogP contribution in [0.15, 0.2) is 30.3 Å². The van der Waals surface area contributed by atoms with E-state index in [2.05, 4.69) is 17.5 Å². The van der Waals surface area contributed by atoms with E-state index in [0.717, 1.165) is 6.21 Å². The van der Waals surface area contributed by atoms with Gasteiger partial charge in [-0.25, -0.2) is 0 Å². The molecule has 0 fully saturated rings. The summed E-state index contributed by atoms with van der Waals surface area (Å²) in [4.78, 5) is 11.1. The van der Waals surface area contributed by atoms with Crippen molar-refractivity contribution in [3.05, 3.63) is 30.3 Å². The van der Waals surface area contributed by atoms with Crippen molar-refractivity contribution in [1.82, 2.24) is 0 Å². The van der Waals surface area contributed by atoms with Crippen LogP contribution in [0.4, 0.5) is 5.69 Å². The number of hydrogen-bond acceptors (Lipinski definition) is 3. The Morgan fingerprint density at radius 3 is 2.54 bits per heavy atom. The minimum absolute atomic E-state index is 0.0242. The molecular formula is C9H8N2OS. The number of thiocarbonyl (C=S) groups is 1. The molecule has 0 radical (unpaired) electrons. The molecule has 1 amide bonds. The fourth-order valence-corrected chi connectivity index (χ4v) is 0.831. The molecule has 0 aromatic heterocycles. The maximum absolute atomic E-state index is 11.1. The van der Waals surface area contributed by atoms with Crippen molar-refractivity contribution < 1.29 is 4.79 Å². The highest BCUT2D eigenvalue weighted by Gasteiger charge is 2.04. The topological polar surface area (TPSA) is 53.0 Å². The molecule has 0 bridgehead atoms. The number of carbonyl (C=O) groups excluding carboxylic acids is 1. The van der Waals surface area contributed by atoms with Crippen molar-refractivity contribution in [2.24, 2.45) is 0 Å². The first-order valence-electron chi connectivity index (χ1n) is 3.65. The minimum Gasteiger partial charge on any atom is -0.321 e. The van der Waals surface area contributed by atoms with Gasteiger partial charge in [-0.3, -0.25) is 4.79 Å². The van der Waals surface area contributed by atoms with Crippen LogP contribution in [0, 0.1) is 5.41 Å². The van der Waals surface area contributed by atoms with Crippen molar-refractivity contribution in [2.45, 2.75) is 0 Å². The van der Waals surface area contributed by atoms with E-state index in [-0.39, 0.29) is 4.86 Å². The highest BCUT2D eigenvalue weighted by molar-refractivity contribution is 7.83. The van der Waals surface area contributed by atoms with Crippen LogP contribution in [-0.2, 0) is 4.79 Å². The van der Waals surface area contributed by atoms with Crippen molar-refractivity contribution in [3.63, 3.8) is 0 Å². The predicted molar refractivity (Wildman–Crippen MR) is 56.5 cm³/mol. The second-order valence-electron chi connectivity index (χ2n) is 2.33. The molecule has 0 aliphatic heterocycles.